The number of ether oxygens (including phenoxy) is 1. The van der Waals surface area contributed by atoms with Crippen LogP contribution in [0.5, 0.6) is 5.75 Å². The maximum Gasteiger partial charge on any atom is 0.310 e. The van der Waals surface area contributed by atoms with Crippen molar-refractivity contribution in [1.29, 1.82) is 0 Å². The number of hydrogen-bond donors (Lipinski definition) is 0. The minimum absolute atomic E-state index is 0. The van der Waals surface area contributed by atoms with Crippen LogP contribution in [0.3, 0.4) is 0 Å². The standard InChI is InChI=1S/C21H21N2O3.BrH/c1-3-26-19-11-9-17(10-12-19)20(21(25)18-7-5-4-6-8-18)23-14-13-22(15-23)16(2)24;/h4-15,20H,3H2,1-2H3;1H/q+1;/p-1. The molecule has 0 radical (unpaired) electrons. The van der Waals surface area contributed by atoms with Gasteiger partial charge < -0.3 is 21.7 Å². The van der Waals surface area contributed by atoms with Crippen LogP contribution in [0.25, 0.3) is 0 Å². The lowest BCUT2D eigenvalue weighted by Gasteiger charge is -2.14. The van der Waals surface area contributed by atoms with Crippen molar-refractivity contribution in [2.24, 2.45) is 0 Å². The molecule has 3 aromatic rings. The smallest absolute Gasteiger partial charge is 0.310 e. The van der Waals surface area contributed by atoms with E-state index in [1.54, 1.807) is 35.4 Å². The summed E-state index contributed by atoms with van der Waals surface area (Å²) in [6, 6.07) is 16.1. The summed E-state index contributed by atoms with van der Waals surface area (Å²) in [7, 11) is 0. The molecular weight excluding hydrogens is 408 g/mol. The highest BCUT2D eigenvalue weighted by Crippen LogP contribution is 2.21. The molecule has 0 aliphatic heterocycles. The van der Waals surface area contributed by atoms with Crippen LogP contribution in [0.2, 0.25) is 0 Å². The second kappa shape index (κ2) is 9.28. The van der Waals surface area contributed by atoms with E-state index in [1.807, 2.05) is 49.4 Å². The Labute approximate surface area is 169 Å². The molecule has 2 aromatic carbocycles. The van der Waals surface area contributed by atoms with Gasteiger partial charge in [-0.05, 0) is 19.1 Å². The molecule has 0 aliphatic carbocycles. The summed E-state index contributed by atoms with van der Waals surface area (Å²) in [6.07, 6.45) is 5.04. The van der Waals surface area contributed by atoms with Gasteiger partial charge in [-0.25, -0.2) is 9.36 Å². The van der Waals surface area contributed by atoms with E-state index in [0.29, 0.717) is 12.2 Å². The van der Waals surface area contributed by atoms with Gasteiger partial charge in [-0.2, -0.15) is 4.57 Å². The van der Waals surface area contributed by atoms with Crippen LogP contribution in [0, 0.1) is 0 Å². The number of aromatic nitrogens is 2. The number of ketones is 1. The molecule has 5 nitrogen and oxygen atoms in total. The van der Waals surface area contributed by atoms with Gasteiger partial charge in [-0.3, -0.25) is 4.79 Å². The summed E-state index contributed by atoms with van der Waals surface area (Å²) < 4.78 is 8.70. The Morgan fingerprint density at radius 2 is 1.74 bits per heavy atom. The molecule has 1 atom stereocenters. The number of benzene rings is 2. The summed E-state index contributed by atoms with van der Waals surface area (Å²) in [5.41, 5.74) is 1.45. The van der Waals surface area contributed by atoms with Crippen LogP contribution >= 0.6 is 0 Å². The molecule has 1 unspecified atom stereocenters. The molecule has 1 aromatic heterocycles. The van der Waals surface area contributed by atoms with E-state index in [-0.39, 0.29) is 28.7 Å². The first-order valence-corrected chi connectivity index (χ1v) is 8.52. The first-order valence-electron chi connectivity index (χ1n) is 8.52. The zero-order valence-corrected chi connectivity index (χ0v) is 16.8. The van der Waals surface area contributed by atoms with Gasteiger partial charge in [-0.1, -0.05) is 42.5 Å². The lowest BCUT2D eigenvalue weighted by molar-refractivity contribution is -0.698. The summed E-state index contributed by atoms with van der Waals surface area (Å²) in [5, 5.41) is 0. The molecule has 6 heteroatoms. The SMILES string of the molecule is CCOc1ccc(C(C(=O)c2ccccc2)[n+]2ccn(C(C)=O)c2)cc1.[Br-]. The van der Waals surface area contributed by atoms with Crippen LogP contribution in [-0.4, -0.2) is 22.9 Å². The average Bonchev–Trinajstić information content (AvgIpc) is 3.14. The highest BCUT2D eigenvalue weighted by Gasteiger charge is 2.29. The van der Waals surface area contributed by atoms with E-state index < -0.39 is 6.04 Å². The largest absolute Gasteiger partial charge is 1.00 e. The first-order chi connectivity index (χ1) is 12.6. The van der Waals surface area contributed by atoms with E-state index in [0.717, 1.165) is 11.3 Å². The molecule has 27 heavy (non-hydrogen) atoms. The van der Waals surface area contributed by atoms with Crippen LogP contribution in [-0.2, 0) is 0 Å². The molecule has 0 N–H and O–H groups in total. The molecular formula is C21H21BrN2O3. The summed E-state index contributed by atoms with van der Waals surface area (Å²) in [4.78, 5) is 24.8. The van der Waals surface area contributed by atoms with E-state index >= 15 is 0 Å². The average molecular weight is 429 g/mol. The van der Waals surface area contributed by atoms with Gasteiger partial charge >= 0.3 is 5.91 Å². The van der Waals surface area contributed by atoms with Gasteiger partial charge in [-0.15, -0.1) is 0 Å². The molecule has 0 spiro atoms. The van der Waals surface area contributed by atoms with E-state index in [2.05, 4.69) is 0 Å². The van der Waals surface area contributed by atoms with Gasteiger partial charge in [0.25, 0.3) is 6.33 Å². The highest BCUT2D eigenvalue weighted by atomic mass is 79.9. The third-order valence-electron chi connectivity index (χ3n) is 4.13. The topological polar surface area (TPSA) is 52.2 Å². The monoisotopic (exact) mass is 428 g/mol. The zero-order chi connectivity index (χ0) is 18.5. The highest BCUT2D eigenvalue weighted by molar-refractivity contribution is 5.99. The molecule has 0 amide bonds. The zero-order valence-electron chi connectivity index (χ0n) is 15.2. The van der Waals surface area contributed by atoms with E-state index in [1.165, 1.54) is 11.5 Å². The molecule has 0 fully saturated rings. The Balaban J connectivity index is 0.00000261. The number of imidazole rings is 1. The fraction of sp³-hybridized carbons (Fsp3) is 0.190. The second-order valence-corrected chi connectivity index (χ2v) is 5.92. The normalized spacial score (nSPS) is 11.3. The van der Waals surface area contributed by atoms with Gasteiger partial charge in [0.15, 0.2) is 6.04 Å². The fourth-order valence-electron chi connectivity index (χ4n) is 2.84. The number of carbonyl (C=O) groups is 2. The lowest BCUT2D eigenvalue weighted by atomic mass is 9.97. The number of carbonyl (C=O) groups excluding carboxylic acids is 2. The second-order valence-electron chi connectivity index (χ2n) is 5.92. The number of nitrogens with zero attached hydrogens (tertiary/aromatic N) is 2. The van der Waals surface area contributed by atoms with Gasteiger partial charge in [0.05, 0.1) is 6.61 Å². The van der Waals surface area contributed by atoms with Crippen molar-refractivity contribution in [3.8, 4) is 5.75 Å². The quantitative estimate of drug-likeness (QED) is 0.419. The summed E-state index contributed by atoms with van der Waals surface area (Å²) in [6.45, 7) is 3.99. The Morgan fingerprint density at radius 1 is 1.07 bits per heavy atom. The predicted molar refractivity (Wildman–Crippen MR) is 97.5 cm³/mol. The van der Waals surface area contributed by atoms with Crippen molar-refractivity contribution in [3.63, 3.8) is 0 Å². The molecule has 1 heterocycles. The Bertz CT molecular complexity index is 905. The third-order valence-corrected chi connectivity index (χ3v) is 4.13. The van der Waals surface area contributed by atoms with Crippen molar-refractivity contribution in [2.45, 2.75) is 19.9 Å². The van der Waals surface area contributed by atoms with Crippen molar-refractivity contribution in [1.82, 2.24) is 4.57 Å². The van der Waals surface area contributed by atoms with Crippen molar-refractivity contribution < 1.29 is 35.9 Å². The molecule has 140 valence electrons. The fourth-order valence-corrected chi connectivity index (χ4v) is 2.84. The minimum atomic E-state index is -0.561. The minimum Gasteiger partial charge on any atom is -1.00 e. The van der Waals surface area contributed by atoms with Crippen LogP contribution in [0.15, 0.2) is 73.3 Å². The Kier molecular flexibility index (Phi) is 7.07. The number of Topliss-reactive ketones (excluding diaryl/α,β-unsaturated/α-hetero) is 1. The van der Waals surface area contributed by atoms with Crippen LogP contribution < -0.4 is 26.3 Å². The molecule has 3 rings (SSSR count). The predicted octanol–water partition coefficient (Wildman–Crippen LogP) is 0.311. The van der Waals surface area contributed by atoms with Crippen LogP contribution in [0.4, 0.5) is 0 Å². The molecule has 0 bridgehead atoms. The molecule has 0 aliphatic rings. The van der Waals surface area contributed by atoms with Crippen molar-refractivity contribution in [2.75, 3.05) is 6.61 Å². The summed E-state index contributed by atoms with van der Waals surface area (Å²) in [5.74, 6) is 0.607. The van der Waals surface area contributed by atoms with Gasteiger partial charge in [0.2, 0.25) is 5.78 Å². The van der Waals surface area contributed by atoms with Gasteiger partial charge in [0, 0.05) is 18.1 Å². The summed E-state index contributed by atoms with van der Waals surface area (Å²) >= 11 is 0. The third kappa shape index (κ3) is 4.71. The number of halogens is 1. The number of hydrogen-bond acceptors (Lipinski definition) is 3. The Hall–Kier alpha value is -2.73. The van der Waals surface area contributed by atoms with E-state index in [9.17, 15) is 9.59 Å². The lowest BCUT2D eigenvalue weighted by Crippen LogP contribution is -3.00. The van der Waals surface area contributed by atoms with Crippen molar-refractivity contribution in [3.05, 3.63) is 84.4 Å². The maximum atomic E-state index is 13.2. The molecule has 0 saturated carbocycles. The van der Waals surface area contributed by atoms with Crippen LogP contribution in [0.1, 0.15) is 40.6 Å². The first kappa shape index (κ1) is 20.6. The van der Waals surface area contributed by atoms with Crippen molar-refractivity contribution >= 4 is 11.7 Å². The van der Waals surface area contributed by atoms with Gasteiger partial charge in [0.1, 0.15) is 18.1 Å². The van der Waals surface area contributed by atoms with E-state index in [4.69, 9.17) is 4.74 Å². The molecule has 0 saturated heterocycles. The maximum absolute atomic E-state index is 13.2. The number of rotatable bonds is 6. The Morgan fingerprint density at radius 3 is 2.30 bits per heavy atom.